The molecule has 0 saturated heterocycles. The fourth-order valence-corrected chi connectivity index (χ4v) is 2.58. The molecule has 0 radical (unpaired) electrons. The van der Waals surface area contributed by atoms with Gasteiger partial charge in [-0.05, 0) is 42.8 Å². The molecule has 0 unspecified atom stereocenters. The van der Waals surface area contributed by atoms with Crippen LogP contribution in [0.1, 0.15) is 34.2 Å². The fraction of sp³-hybridized carbons (Fsp3) is 0.150. The van der Waals surface area contributed by atoms with E-state index >= 15 is 0 Å². The highest BCUT2D eigenvalue weighted by Gasteiger charge is 2.13. The van der Waals surface area contributed by atoms with Crippen LogP contribution in [0.2, 0.25) is 0 Å². The van der Waals surface area contributed by atoms with Gasteiger partial charge in [0.1, 0.15) is 0 Å². The number of nitrogens with zero attached hydrogens (tertiary/aromatic N) is 3. The number of benzene rings is 2. The molecular formula is C20H19N5O4. The molecule has 0 saturated carbocycles. The third-order valence-electron chi connectivity index (χ3n) is 4.07. The Labute approximate surface area is 166 Å². The van der Waals surface area contributed by atoms with Crippen LogP contribution in [0.3, 0.4) is 0 Å². The summed E-state index contributed by atoms with van der Waals surface area (Å²) in [5.74, 6) is -0.599. The highest BCUT2D eigenvalue weighted by Crippen LogP contribution is 2.17. The minimum atomic E-state index is -0.493. The molecule has 3 aromatic rings. The summed E-state index contributed by atoms with van der Waals surface area (Å²) >= 11 is 0. The van der Waals surface area contributed by atoms with Crippen molar-refractivity contribution in [1.29, 1.82) is 0 Å². The number of hydrogen-bond acceptors (Lipinski definition) is 5. The highest BCUT2D eigenvalue weighted by molar-refractivity contribution is 6.03. The van der Waals surface area contributed by atoms with Crippen LogP contribution in [0.25, 0.3) is 5.69 Å². The van der Waals surface area contributed by atoms with Gasteiger partial charge in [0.25, 0.3) is 17.5 Å². The summed E-state index contributed by atoms with van der Waals surface area (Å²) in [5, 5.41) is 20.6. The van der Waals surface area contributed by atoms with Crippen molar-refractivity contribution in [2.75, 3.05) is 11.9 Å². The van der Waals surface area contributed by atoms with Gasteiger partial charge in [-0.15, -0.1) is 0 Å². The first-order chi connectivity index (χ1) is 14.0. The first-order valence-corrected chi connectivity index (χ1v) is 8.98. The predicted octanol–water partition coefficient (Wildman–Crippen LogP) is 3.17. The normalized spacial score (nSPS) is 10.4. The van der Waals surface area contributed by atoms with E-state index in [9.17, 15) is 19.7 Å². The Hall–Kier alpha value is -4.01. The lowest BCUT2D eigenvalue weighted by Gasteiger charge is -2.06. The molecule has 9 nitrogen and oxygen atoms in total. The van der Waals surface area contributed by atoms with Crippen molar-refractivity contribution in [3.05, 3.63) is 82.2 Å². The maximum Gasteiger partial charge on any atom is 0.276 e. The van der Waals surface area contributed by atoms with Crippen LogP contribution in [-0.4, -0.2) is 33.1 Å². The maximum atomic E-state index is 12.4. The quantitative estimate of drug-likeness (QED) is 0.472. The zero-order valence-corrected chi connectivity index (χ0v) is 15.7. The fourth-order valence-electron chi connectivity index (χ4n) is 2.58. The summed E-state index contributed by atoms with van der Waals surface area (Å²) in [7, 11) is 0. The largest absolute Gasteiger partial charge is 0.352 e. The van der Waals surface area contributed by atoms with Crippen molar-refractivity contribution in [3.8, 4) is 5.69 Å². The first kappa shape index (κ1) is 19.7. The Balaban J connectivity index is 1.68. The van der Waals surface area contributed by atoms with Gasteiger partial charge in [0.2, 0.25) is 0 Å². The molecule has 1 heterocycles. The Kier molecular flexibility index (Phi) is 5.98. The molecule has 0 atom stereocenters. The summed E-state index contributed by atoms with van der Waals surface area (Å²) in [5.41, 5.74) is 1.59. The number of rotatable bonds is 7. The molecule has 29 heavy (non-hydrogen) atoms. The van der Waals surface area contributed by atoms with Gasteiger partial charge in [-0.3, -0.25) is 19.7 Å². The first-order valence-electron chi connectivity index (χ1n) is 8.98. The number of aromatic nitrogens is 2. The number of nitrogens with one attached hydrogen (secondary N) is 2. The van der Waals surface area contributed by atoms with Crippen LogP contribution in [0.4, 0.5) is 11.4 Å². The van der Waals surface area contributed by atoms with Crippen LogP contribution in [0.15, 0.2) is 60.8 Å². The molecule has 2 N–H and O–H groups in total. The van der Waals surface area contributed by atoms with E-state index < -0.39 is 10.8 Å². The maximum absolute atomic E-state index is 12.4. The van der Waals surface area contributed by atoms with E-state index in [0.717, 1.165) is 6.42 Å². The smallest absolute Gasteiger partial charge is 0.276 e. The SMILES string of the molecule is CCCNC(=O)c1ccc(NC(=O)c2ccn(-c3cccc([N+](=O)[O-])c3)n2)cc1. The number of anilines is 1. The third kappa shape index (κ3) is 4.83. The number of nitro groups is 1. The zero-order chi connectivity index (χ0) is 20.8. The second-order valence-electron chi connectivity index (χ2n) is 6.21. The Bertz CT molecular complexity index is 1040. The number of hydrogen-bond donors (Lipinski definition) is 2. The van der Waals surface area contributed by atoms with E-state index in [1.54, 1.807) is 42.6 Å². The Morgan fingerprint density at radius 1 is 1.10 bits per heavy atom. The number of carbonyl (C=O) groups is 2. The number of amides is 2. The molecule has 0 aliphatic rings. The third-order valence-corrected chi connectivity index (χ3v) is 4.07. The summed E-state index contributed by atoms with van der Waals surface area (Å²) in [4.78, 5) is 34.7. The average Bonchev–Trinajstić information content (AvgIpc) is 3.23. The standard InChI is InChI=1S/C20H19N5O4/c1-2-11-21-19(26)14-6-8-15(9-7-14)22-20(27)18-10-12-24(23-18)16-4-3-5-17(13-16)25(28)29/h3-10,12-13H,2,11H2,1H3,(H,21,26)(H,22,27). The van der Waals surface area contributed by atoms with Gasteiger partial charge in [0.15, 0.2) is 5.69 Å². The van der Waals surface area contributed by atoms with Crippen molar-refractivity contribution >= 4 is 23.2 Å². The number of non-ortho nitro benzene ring substituents is 1. The van der Waals surface area contributed by atoms with Gasteiger partial charge >= 0.3 is 0 Å². The molecule has 0 bridgehead atoms. The zero-order valence-electron chi connectivity index (χ0n) is 15.7. The van der Waals surface area contributed by atoms with E-state index in [2.05, 4.69) is 15.7 Å². The minimum Gasteiger partial charge on any atom is -0.352 e. The van der Waals surface area contributed by atoms with E-state index in [-0.39, 0.29) is 17.3 Å². The van der Waals surface area contributed by atoms with Crippen LogP contribution in [-0.2, 0) is 0 Å². The average molecular weight is 393 g/mol. The van der Waals surface area contributed by atoms with Crippen molar-refractivity contribution in [1.82, 2.24) is 15.1 Å². The molecule has 0 spiro atoms. The minimum absolute atomic E-state index is 0.0629. The molecule has 0 fully saturated rings. The van der Waals surface area contributed by atoms with Gasteiger partial charge in [-0.1, -0.05) is 13.0 Å². The lowest BCUT2D eigenvalue weighted by atomic mass is 10.2. The van der Waals surface area contributed by atoms with E-state index in [1.165, 1.54) is 22.9 Å². The molecule has 148 valence electrons. The van der Waals surface area contributed by atoms with Crippen molar-refractivity contribution < 1.29 is 14.5 Å². The lowest BCUT2D eigenvalue weighted by Crippen LogP contribution is -2.23. The number of nitro benzene ring substituents is 1. The number of carbonyl (C=O) groups excluding carboxylic acids is 2. The molecule has 2 amide bonds. The van der Waals surface area contributed by atoms with E-state index in [0.29, 0.717) is 23.5 Å². The molecule has 3 rings (SSSR count). The van der Waals surface area contributed by atoms with Crippen molar-refractivity contribution in [2.45, 2.75) is 13.3 Å². The summed E-state index contributed by atoms with van der Waals surface area (Å²) in [6.45, 7) is 2.57. The van der Waals surface area contributed by atoms with Crippen LogP contribution >= 0.6 is 0 Å². The second-order valence-corrected chi connectivity index (χ2v) is 6.21. The van der Waals surface area contributed by atoms with Gasteiger partial charge in [-0.2, -0.15) is 5.10 Å². The Morgan fingerprint density at radius 3 is 2.55 bits per heavy atom. The van der Waals surface area contributed by atoms with E-state index in [4.69, 9.17) is 0 Å². The summed E-state index contributed by atoms with van der Waals surface area (Å²) in [6, 6.07) is 14.0. The second kappa shape index (κ2) is 8.79. The summed E-state index contributed by atoms with van der Waals surface area (Å²) in [6.07, 6.45) is 2.40. The molecule has 2 aromatic carbocycles. The molecule has 1 aromatic heterocycles. The molecular weight excluding hydrogens is 374 g/mol. The van der Waals surface area contributed by atoms with Crippen LogP contribution < -0.4 is 10.6 Å². The molecule has 9 heteroatoms. The van der Waals surface area contributed by atoms with Crippen LogP contribution in [0, 0.1) is 10.1 Å². The monoisotopic (exact) mass is 393 g/mol. The van der Waals surface area contributed by atoms with Gasteiger partial charge < -0.3 is 10.6 Å². The van der Waals surface area contributed by atoms with E-state index in [1.807, 2.05) is 6.92 Å². The molecule has 0 aliphatic heterocycles. The highest BCUT2D eigenvalue weighted by atomic mass is 16.6. The summed E-state index contributed by atoms with van der Waals surface area (Å²) < 4.78 is 1.39. The topological polar surface area (TPSA) is 119 Å². The molecule has 0 aliphatic carbocycles. The van der Waals surface area contributed by atoms with Crippen molar-refractivity contribution in [3.63, 3.8) is 0 Å². The predicted molar refractivity (Wildman–Crippen MR) is 107 cm³/mol. The lowest BCUT2D eigenvalue weighted by molar-refractivity contribution is -0.384. The Morgan fingerprint density at radius 2 is 1.86 bits per heavy atom. The van der Waals surface area contributed by atoms with Crippen molar-refractivity contribution in [2.24, 2.45) is 0 Å². The van der Waals surface area contributed by atoms with Gasteiger partial charge in [-0.25, -0.2) is 4.68 Å². The van der Waals surface area contributed by atoms with Gasteiger partial charge in [0.05, 0.1) is 10.6 Å². The van der Waals surface area contributed by atoms with Gasteiger partial charge in [0, 0.05) is 36.1 Å². The van der Waals surface area contributed by atoms with Crippen LogP contribution in [0.5, 0.6) is 0 Å².